The Hall–Kier alpha value is -3.46. The molecule has 3 rings (SSSR count). The van der Waals surface area contributed by atoms with Crippen LogP contribution >= 0.6 is 0 Å². The summed E-state index contributed by atoms with van der Waals surface area (Å²) in [6.07, 6.45) is 0.969. The minimum atomic E-state index is -3.66. The number of ether oxygens (including phenoxy) is 2. The van der Waals surface area contributed by atoms with Gasteiger partial charge in [-0.25, -0.2) is 4.79 Å². The smallest absolute Gasteiger partial charge is 0.323 e. The third-order valence-electron chi connectivity index (χ3n) is 3.96. The third kappa shape index (κ3) is 5.29. The molecule has 3 aromatic carbocycles. The predicted molar refractivity (Wildman–Crippen MR) is 112 cm³/mol. The molecule has 0 heterocycles. The van der Waals surface area contributed by atoms with Crippen molar-refractivity contribution < 1.29 is 26.9 Å². The van der Waals surface area contributed by atoms with Crippen LogP contribution < -0.4 is 24.3 Å². The van der Waals surface area contributed by atoms with Gasteiger partial charge in [-0.2, -0.15) is 8.42 Å². The Labute approximate surface area is 168 Å². The summed E-state index contributed by atoms with van der Waals surface area (Å²) in [5.74, 6) is 1.23. The fourth-order valence-corrected chi connectivity index (χ4v) is 3.20. The molecule has 0 aliphatic rings. The number of benzene rings is 3. The van der Waals surface area contributed by atoms with E-state index in [-0.39, 0.29) is 5.75 Å². The van der Waals surface area contributed by atoms with Crippen LogP contribution in [0.5, 0.6) is 17.2 Å². The number of hydrogen-bond donors (Lipinski definition) is 2. The van der Waals surface area contributed by atoms with Crippen molar-refractivity contribution in [1.29, 1.82) is 0 Å². The van der Waals surface area contributed by atoms with Crippen LogP contribution in [-0.2, 0) is 10.1 Å². The minimum absolute atomic E-state index is 0.159. The Balaban J connectivity index is 1.85. The van der Waals surface area contributed by atoms with Crippen molar-refractivity contribution in [3.63, 3.8) is 0 Å². The molecule has 8 nitrogen and oxygen atoms in total. The first kappa shape index (κ1) is 20.3. The number of amides is 2. The number of hydrogen-bond acceptors (Lipinski definition) is 6. The standard InChI is InChI=1S/C20H20N2O6S/c1-26-16-9-14(10-17(11-16)27-2)21-20(23)22-19-6-4-5-13-7-8-15(12-18(13)19)28-29(3,24)25/h4-12H,1-3H3,(H2,21,22,23). The zero-order valence-corrected chi connectivity index (χ0v) is 16.9. The van der Waals surface area contributed by atoms with Crippen molar-refractivity contribution in [3.05, 3.63) is 54.6 Å². The van der Waals surface area contributed by atoms with E-state index in [1.165, 1.54) is 14.2 Å². The molecule has 0 atom stereocenters. The summed E-state index contributed by atoms with van der Waals surface area (Å²) in [5.41, 5.74) is 0.980. The van der Waals surface area contributed by atoms with Crippen LogP contribution in [0.15, 0.2) is 54.6 Å². The van der Waals surface area contributed by atoms with Crippen molar-refractivity contribution in [3.8, 4) is 17.2 Å². The van der Waals surface area contributed by atoms with Crippen LogP contribution in [-0.4, -0.2) is 34.9 Å². The third-order valence-corrected chi connectivity index (χ3v) is 4.45. The van der Waals surface area contributed by atoms with E-state index in [9.17, 15) is 13.2 Å². The Morgan fingerprint density at radius 3 is 2.17 bits per heavy atom. The van der Waals surface area contributed by atoms with Gasteiger partial charge in [0.25, 0.3) is 0 Å². The lowest BCUT2D eigenvalue weighted by Gasteiger charge is -2.13. The van der Waals surface area contributed by atoms with Crippen LogP contribution in [0.2, 0.25) is 0 Å². The molecule has 0 aromatic heterocycles. The van der Waals surface area contributed by atoms with E-state index in [1.807, 2.05) is 6.07 Å². The maximum absolute atomic E-state index is 12.5. The average Bonchev–Trinajstić information content (AvgIpc) is 2.66. The number of rotatable bonds is 6. The summed E-state index contributed by atoms with van der Waals surface area (Å²) in [6, 6.07) is 14.7. The highest BCUT2D eigenvalue weighted by Crippen LogP contribution is 2.29. The lowest BCUT2D eigenvalue weighted by molar-refractivity contribution is 0.262. The maximum Gasteiger partial charge on any atom is 0.323 e. The summed E-state index contributed by atoms with van der Waals surface area (Å²) in [7, 11) is -0.622. The molecule has 0 unspecified atom stereocenters. The molecular weight excluding hydrogens is 396 g/mol. The monoisotopic (exact) mass is 416 g/mol. The largest absolute Gasteiger partial charge is 0.497 e. The highest BCUT2D eigenvalue weighted by atomic mass is 32.2. The Morgan fingerprint density at radius 1 is 0.862 bits per heavy atom. The van der Waals surface area contributed by atoms with Crippen LogP contribution in [0.25, 0.3) is 10.8 Å². The van der Waals surface area contributed by atoms with Gasteiger partial charge in [0.05, 0.1) is 26.2 Å². The van der Waals surface area contributed by atoms with Gasteiger partial charge in [-0.15, -0.1) is 0 Å². The van der Waals surface area contributed by atoms with E-state index in [1.54, 1.807) is 48.5 Å². The minimum Gasteiger partial charge on any atom is -0.497 e. The van der Waals surface area contributed by atoms with E-state index in [2.05, 4.69) is 10.6 Å². The zero-order valence-electron chi connectivity index (χ0n) is 16.1. The first-order valence-electron chi connectivity index (χ1n) is 8.51. The lowest BCUT2D eigenvalue weighted by Crippen LogP contribution is -2.19. The number of methoxy groups -OCH3 is 2. The van der Waals surface area contributed by atoms with E-state index >= 15 is 0 Å². The zero-order chi connectivity index (χ0) is 21.0. The van der Waals surface area contributed by atoms with E-state index < -0.39 is 16.1 Å². The Kier molecular flexibility index (Phi) is 5.79. The van der Waals surface area contributed by atoms with Crippen LogP contribution in [0, 0.1) is 0 Å². The molecule has 0 spiro atoms. The molecule has 0 saturated heterocycles. The summed E-state index contributed by atoms with van der Waals surface area (Å²) in [6.45, 7) is 0. The van der Waals surface area contributed by atoms with Crippen LogP contribution in [0.1, 0.15) is 0 Å². The Morgan fingerprint density at radius 2 is 1.55 bits per heavy atom. The van der Waals surface area contributed by atoms with Crippen molar-refractivity contribution in [2.45, 2.75) is 0 Å². The van der Waals surface area contributed by atoms with Crippen LogP contribution in [0.4, 0.5) is 16.2 Å². The van der Waals surface area contributed by atoms with E-state index in [0.29, 0.717) is 28.3 Å². The summed E-state index contributed by atoms with van der Waals surface area (Å²) in [5, 5.41) is 6.93. The predicted octanol–water partition coefficient (Wildman–Crippen LogP) is 3.84. The fourth-order valence-electron chi connectivity index (χ4n) is 2.75. The van der Waals surface area contributed by atoms with Gasteiger partial charge in [0.15, 0.2) is 0 Å². The first-order chi connectivity index (χ1) is 13.8. The molecule has 0 radical (unpaired) electrons. The highest BCUT2D eigenvalue weighted by molar-refractivity contribution is 7.86. The van der Waals surface area contributed by atoms with Gasteiger partial charge in [0.2, 0.25) is 0 Å². The lowest BCUT2D eigenvalue weighted by atomic mass is 10.1. The van der Waals surface area contributed by atoms with Crippen molar-refractivity contribution in [1.82, 2.24) is 0 Å². The summed E-state index contributed by atoms with van der Waals surface area (Å²) >= 11 is 0. The Bertz CT molecular complexity index is 1140. The molecule has 0 aliphatic carbocycles. The fraction of sp³-hybridized carbons (Fsp3) is 0.150. The van der Waals surface area contributed by atoms with Gasteiger partial charge in [0.1, 0.15) is 17.2 Å². The quantitative estimate of drug-likeness (QED) is 0.592. The second-order valence-electron chi connectivity index (χ2n) is 6.16. The molecule has 9 heteroatoms. The summed E-state index contributed by atoms with van der Waals surface area (Å²) in [4.78, 5) is 12.5. The van der Waals surface area contributed by atoms with Gasteiger partial charge in [-0.3, -0.25) is 0 Å². The van der Waals surface area contributed by atoms with Gasteiger partial charge in [-0.1, -0.05) is 18.2 Å². The average molecular weight is 416 g/mol. The molecule has 0 bridgehead atoms. The van der Waals surface area contributed by atoms with Crippen molar-refractivity contribution >= 4 is 38.3 Å². The molecule has 2 amide bonds. The number of carbonyl (C=O) groups is 1. The van der Waals surface area contributed by atoms with Gasteiger partial charge in [0, 0.05) is 29.3 Å². The van der Waals surface area contributed by atoms with Gasteiger partial charge < -0.3 is 24.3 Å². The first-order valence-corrected chi connectivity index (χ1v) is 10.3. The summed E-state index contributed by atoms with van der Waals surface area (Å²) < 4.78 is 38.1. The highest BCUT2D eigenvalue weighted by Gasteiger charge is 2.11. The van der Waals surface area contributed by atoms with Crippen LogP contribution in [0.3, 0.4) is 0 Å². The molecule has 3 aromatic rings. The second-order valence-corrected chi connectivity index (χ2v) is 7.73. The topological polar surface area (TPSA) is 103 Å². The number of anilines is 2. The van der Waals surface area contributed by atoms with Gasteiger partial charge >= 0.3 is 16.1 Å². The molecule has 29 heavy (non-hydrogen) atoms. The van der Waals surface area contributed by atoms with E-state index in [4.69, 9.17) is 13.7 Å². The normalized spacial score (nSPS) is 11.0. The second kappa shape index (κ2) is 8.27. The van der Waals surface area contributed by atoms with Crippen molar-refractivity contribution in [2.75, 3.05) is 31.1 Å². The molecular formula is C20H20N2O6S. The molecule has 0 saturated carbocycles. The molecule has 0 aliphatic heterocycles. The number of fused-ring (bicyclic) bond motifs is 1. The van der Waals surface area contributed by atoms with Gasteiger partial charge in [-0.05, 0) is 23.6 Å². The molecule has 0 fully saturated rings. The van der Waals surface area contributed by atoms with Crippen molar-refractivity contribution in [2.24, 2.45) is 0 Å². The van der Waals surface area contributed by atoms with E-state index in [0.717, 1.165) is 11.6 Å². The molecule has 2 N–H and O–H groups in total. The number of nitrogens with one attached hydrogen (secondary N) is 2. The maximum atomic E-state index is 12.5. The molecule has 152 valence electrons. The number of carbonyl (C=O) groups excluding carboxylic acids is 1. The SMILES string of the molecule is COc1cc(NC(=O)Nc2cccc3ccc(OS(C)(=O)=O)cc23)cc(OC)c1. The number of urea groups is 1.